The third-order valence-electron chi connectivity index (χ3n) is 4.42. The van der Waals surface area contributed by atoms with Crippen LogP contribution in [0, 0.1) is 6.92 Å². The summed E-state index contributed by atoms with van der Waals surface area (Å²) in [5.74, 6) is -0.359. The van der Waals surface area contributed by atoms with E-state index in [2.05, 4.69) is 0 Å². The Balaban J connectivity index is 2.33. The van der Waals surface area contributed by atoms with Gasteiger partial charge in [-0.15, -0.1) is 0 Å². The highest BCUT2D eigenvalue weighted by molar-refractivity contribution is 6.31. The largest absolute Gasteiger partial charge is 0.508 e. The summed E-state index contributed by atoms with van der Waals surface area (Å²) in [7, 11) is 0. The molecule has 0 aliphatic carbocycles. The molecule has 0 unspecified atom stereocenters. The van der Waals surface area contributed by atoms with Crippen molar-refractivity contribution in [3.8, 4) is 11.5 Å². The number of fused-ring (bicyclic) bond motifs is 1. The average molecular weight is 386 g/mol. The van der Waals surface area contributed by atoms with Gasteiger partial charge in [-0.1, -0.05) is 31.0 Å². The summed E-state index contributed by atoms with van der Waals surface area (Å²) in [5, 5.41) is 11.4. The van der Waals surface area contributed by atoms with E-state index in [0.29, 0.717) is 44.9 Å². The zero-order valence-corrected chi connectivity index (χ0v) is 16.1. The SMILES string of the molecule is CCCc1c(O)ccc2c1c(OC(C)=O)c(C)n2C(=O)c1cccc(Cl)c1. The van der Waals surface area contributed by atoms with Crippen LogP contribution in [0.25, 0.3) is 10.9 Å². The Kier molecular flexibility index (Phi) is 5.24. The Bertz CT molecular complexity index is 1050. The number of benzene rings is 2. The fourth-order valence-electron chi connectivity index (χ4n) is 3.31. The van der Waals surface area contributed by atoms with Crippen molar-refractivity contribution in [1.82, 2.24) is 4.57 Å². The van der Waals surface area contributed by atoms with E-state index in [9.17, 15) is 14.7 Å². The highest BCUT2D eigenvalue weighted by atomic mass is 35.5. The van der Waals surface area contributed by atoms with Crippen molar-refractivity contribution < 1.29 is 19.4 Å². The first-order valence-electron chi connectivity index (χ1n) is 8.69. The number of rotatable bonds is 4. The van der Waals surface area contributed by atoms with E-state index in [-0.39, 0.29) is 11.7 Å². The molecule has 0 aliphatic heterocycles. The smallest absolute Gasteiger partial charge is 0.308 e. The molecule has 0 radical (unpaired) electrons. The van der Waals surface area contributed by atoms with E-state index in [0.717, 1.165) is 6.42 Å². The molecule has 0 aliphatic rings. The summed E-state index contributed by atoms with van der Waals surface area (Å²) in [6, 6.07) is 9.89. The van der Waals surface area contributed by atoms with Crippen LogP contribution >= 0.6 is 11.6 Å². The molecule has 1 heterocycles. The van der Waals surface area contributed by atoms with Crippen LogP contribution in [-0.4, -0.2) is 21.6 Å². The molecule has 0 amide bonds. The average Bonchev–Trinajstić information content (AvgIpc) is 2.88. The number of nitrogens with zero attached hydrogens (tertiary/aromatic N) is 1. The maximum absolute atomic E-state index is 13.2. The van der Waals surface area contributed by atoms with Crippen molar-refractivity contribution in [2.24, 2.45) is 0 Å². The number of aryl methyl sites for hydroxylation is 1. The normalized spacial score (nSPS) is 11.0. The molecule has 0 fully saturated rings. The minimum Gasteiger partial charge on any atom is -0.508 e. The summed E-state index contributed by atoms with van der Waals surface area (Å²) in [4.78, 5) is 24.8. The lowest BCUT2D eigenvalue weighted by Crippen LogP contribution is -2.14. The molecule has 0 saturated carbocycles. The zero-order chi connectivity index (χ0) is 19.7. The van der Waals surface area contributed by atoms with Gasteiger partial charge in [0.15, 0.2) is 5.75 Å². The second-order valence-electron chi connectivity index (χ2n) is 6.37. The molecule has 1 aromatic heterocycles. The Hall–Kier alpha value is -2.79. The van der Waals surface area contributed by atoms with Crippen molar-refractivity contribution in [1.29, 1.82) is 0 Å². The highest BCUT2D eigenvalue weighted by Gasteiger charge is 2.25. The lowest BCUT2D eigenvalue weighted by Gasteiger charge is -2.09. The second-order valence-corrected chi connectivity index (χ2v) is 6.80. The lowest BCUT2D eigenvalue weighted by molar-refractivity contribution is -0.131. The van der Waals surface area contributed by atoms with Gasteiger partial charge >= 0.3 is 5.97 Å². The molecular weight excluding hydrogens is 366 g/mol. The maximum Gasteiger partial charge on any atom is 0.308 e. The summed E-state index contributed by atoms with van der Waals surface area (Å²) < 4.78 is 6.94. The first-order valence-corrected chi connectivity index (χ1v) is 9.07. The third-order valence-corrected chi connectivity index (χ3v) is 4.65. The Labute approximate surface area is 162 Å². The molecule has 0 saturated heterocycles. The van der Waals surface area contributed by atoms with Gasteiger partial charge in [0.05, 0.1) is 16.6 Å². The summed E-state index contributed by atoms with van der Waals surface area (Å²) in [5.41, 5.74) is 2.15. The molecule has 27 heavy (non-hydrogen) atoms. The number of carbonyl (C=O) groups is 2. The number of halogens is 1. The minimum absolute atomic E-state index is 0.116. The van der Waals surface area contributed by atoms with Crippen molar-refractivity contribution in [2.75, 3.05) is 0 Å². The number of hydrogen-bond donors (Lipinski definition) is 1. The van der Waals surface area contributed by atoms with E-state index in [4.69, 9.17) is 16.3 Å². The number of ether oxygens (including phenoxy) is 1. The molecule has 0 bridgehead atoms. The predicted octanol–water partition coefficient (Wildman–Crippen LogP) is 4.88. The monoisotopic (exact) mass is 385 g/mol. The first-order chi connectivity index (χ1) is 12.8. The molecule has 3 rings (SSSR count). The number of phenols is 1. The van der Waals surface area contributed by atoms with Crippen molar-refractivity contribution in [3.63, 3.8) is 0 Å². The van der Waals surface area contributed by atoms with Crippen molar-refractivity contribution >= 4 is 34.4 Å². The van der Waals surface area contributed by atoms with Crippen LogP contribution in [0.1, 0.15) is 41.9 Å². The van der Waals surface area contributed by atoms with E-state index >= 15 is 0 Å². The Morgan fingerprint density at radius 1 is 1.22 bits per heavy atom. The summed E-state index contributed by atoms with van der Waals surface area (Å²) >= 11 is 6.03. The second kappa shape index (κ2) is 7.45. The van der Waals surface area contributed by atoms with Crippen LogP contribution in [0.15, 0.2) is 36.4 Å². The predicted molar refractivity (Wildman–Crippen MR) is 105 cm³/mol. The topological polar surface area (TPSA) is 68.5 Å². The standard InChI is InChI=1S/C21H20ClNO4/c1-4-6-16-18(25)10-9-17-19(16)20(27-13(3)24)12(2)23(17)21(26)14-7-5-8-15(22)11-14/h5,7-11,25H,4,6H2,1-3H3. The first kappa shape index (κ1) is 19.0. The van der Waals surface area contributed by atoms with Crippen molar-refractivity contribution in [2.45, 2.75) is 33.6 Å². The Morgan fingerprint density at radius 3 is 2.59 bits per heavy atom. The van der Waals surface area contributed by atoms with Gasteiger partial charge in [0.1, 0.15) is 5.75 Å². The van der Waals surface area contributed by atoms with Gasteiger partial charge in [0.25, 0.3) is 5.91 Å². The van der Waals surface area contributed by atoms with Crippen LogP contribution in [0.2, 0.25) is 5.02 Å². The number of esters is 1. The van der Waals surface area contributed by atoms with Crippen LogP contribution < -0.4 is 4.74 Å². The van der Waals surface area contributed by atoms with Gasteiger partial charge in [-0.3, -0.25) is 14.2 Å². The molecule has 0 spiro atoms. The minimum atomic E-state index is -0.488. The molecule has 5 nitrogen and oxygen atoms in total. The van der Waals surface area contributed by atoms with E-state index in [1.807, 2.05) is 6.92 Å². The van der Waals surface area contributed by atoms with Crippen LogP contribution in [-0.2, 0) is 11.2 Å². The summed E-state index contributed by atoms with van der Waals surface area (Å²) in [6.07, 6.45) is 1.38. The quantitative estimate of drug-likeness (QED) is 0.650. The van der Waals surface area contributed by atoms with Gasteiger partial charge in [0, 0.05) is 23.1 Å². The number of aromatic hydroxyl groups is 1. The van der Waals surface area contributed by atoms with Crippen LogP contribution in [0.3, 0.4) is 0 Å². The lowest BCUT2D eigenvalue weighted by atomic mass is 10.0. The fourth-order valence-corrected chi connectivity index (χ4v) is 3.50. The highest BCUT2D eigenvalue weighted by Crippen LogP contribution is 2.40. The molecule has 2 aromatic carbocycles. The fraction of sp³-hybridized carbons (Fsp3) is 0.238. The van der Waals surface area contributed by atoms with Gasteiger partial charge in [-0.25, -0.2) is 0 Å². The van der Waals surface area contributed by atoms with Gasteiger partial charge < -0.3 is 9.84 Å². The Morgan fingerprint density at radius 2 is 1.96 bits per heavy atom. The zero-order valence-electron chi connectivity index (χ0n) is 15.4. The number of phenolic OH excluding ortho intramolecular Hbond substituents is 1. The molecule has 0 atom stereocenters. The van der Waals surface area contributed by atoms with E-state index in [1.165, 1.54) is 11.5 Å². The van der Waals surface area contributed by atoms with Crippen LogP contribution in [0.4, 0.5) is 0 Å². The van der Waals surface area contributed by atoms with Gasteiger partial charge in [0.2, 0.25) is 0 Å². The molecule has 3 aromatic rings. The van der Waals surface area contributed by atoms with Crippen molar-refractivity contribution in [3.05, 3.63) is 58.2 Å². The number of carbonyl (C=O) groups excluding carboxylic acids is 2. The van der Waals surface area contributed by atoms with E-state index < -0.39 is 5.97 Å². The molecule has 1 N–H and O–H groups in total. The molecule has 140 valence electrons. The molecule has 6 heteroatoms. The third kappa shape index (κ3) is 3.43. The molecular formula is C21H20ClNO4. The maximum atomic E-state index is 13.2. The van der Waals surface area contributed by atoms with Crippen LogP contribution in [0.5, 0.6) is 11.5 Å². The van der Waals surface area contributed by atoms with Gasteiger partial charge in [-0.05, 0) is 43.7 Å². The summed E-state index contributed by atoms with van der Waals surface area (Å²) in [6.45, 7) is 5.02. The van der Waals surface area contributed by atoms with Gasteiger partial charge in [-0.2, -0.15) is 0 Å². The van der Waals surface area contributed by atoms with E-state index in [1.54, 1.807) is 43.3 Å². The number of aromatic nitrogens is 1. The number of hydrogen-bond acceptors (Lipinski definition) is 4.